The number of hydrogen-bond acceptors (Lipinski definition) is 3. The molecule has 0 aromatic heterocycles. The fourth-order valence-electron chi connectivity index (χ4n) is 2.29. The van der Waals surface area contributed by atoms with Gasteiger partial charge in [0.25, 0.3) is 0 Å². The summed E-state index contributed by atoms with van der Waals surface area (Å²) in [5.41, 5.74) is -0.408. The van der Waals surface area contributed by atoms with Crippen LogP contribution in [0.3, 0.4) is 0 Å². The lowest BCUT2D eigenvalue weighted by atomic mass is 10.0. The minimum absolute atomic E-state index is 0.163. The molecule has 19 heavy (non-hydrogen) atoms. The Morgan fingerprint density at radius 3 is 2.63 bits per heavy atom. The van der Waals surface area contributed by atoms with Crippen molar-refractivity contribution in [2.24, 2.45) is 5.92 Å². The van der Waals surface area contributed by atoms with Gasteiger partial charge in [0, 0.05) is 19.1 Å². The molecule has 4 heteroatoms. The first kappa shape index (κ1) is 16.3. The predicted octanol–water partition coefficient (Wildman–Crippen LogP) is 3.02. The minimum atomic E-state index is -0.408. The lowest BCUT2D eigenvalue weighted by molar-refractivity contribution is 0.0234. The molecule has 0 spiro atoms. The molecule has 0 aromatic carbocycles. The zero-order chi connectivity index (χ0) is 14.5. The van der Waals surface area contributed by atoms with Gasteiger partial charge in [-0.05, 0) is 46.1 Å². The molecule has 1 saturated heterocycles. The first-order chi connectivity index (χ1) is 8.78. The van der Waals surface area contributed by atoms with E-state index in [0.29, 0.717) is 12.0 Å². The van der Waals surface area contributed by atoms with Crippen LogP contribution in [-0.4, -0.2) is 42.3 Å². The van der Waals surface area contributed by atoms with Crippen LogP contribution in [0.25, 0.3) is 0 Å². The van der Waals surface area contributed by atoms with E-state index in [2.05, 4.69) is 19.2 Å². The van der Waals surface area contributed by atoms with Gasteiger partial charge in [-0.1, -0.05) is 20.3 Å². The van der Waals surface area contributed by atoms with Crippen molar-refractivity contribution >= 4 is 6.09 Å². The number of carbonyl (C=O) groups is 1. The molecule has 0 bridgehead atoms. The summed E-state index contributed by atoms with van der Waals surface area (Å²) in [6, 6.07) is 0.498. The van der Waals surface area contributed by atoms with E-state index in [1.807, 2.05) is 25.7 Å². The van der Waals surface area contributed by atoms with Gasteiger partial charge < -0.3 is 15.0 Å². The average molecular weight is 270 g/mol. The zero-order valence-corrected chi connectivity index (χ0v) is 13.2. The van der Waals surface area contributed by atoms with E-state index in [-0.39, 0.29) is 6.09 Å². The maximum Gasteiger partial charge on any atom is 0.410 e. The molecule has 112 valence electrons. The molecule has 1 amide bonds. The summed E-state index contributed by atoms with van der Waals surface area (Å²) in [5, 5.41) is 3.47. The standard InChI is InChI=1S/C15H30N2O2/c1-12(2)16-10-13-8-6-7-9-17(11-13)14(18)19-15(3,4)5/h12-13,16H,6-11H2,1-5H3. The van der Waals surface area contributed by atoms with Gasteiger partial charge in [0.1, 0.15) is 5.60 Å². The number of nitrogens with zero attached hydrogens (tertiary/aromatic N) is 1. The van der Waals surface area contributed by atoms with E-state index in [0.717, 1.165) is 26.1 Å². The second kappa shape index (κ2) is 7.13. The van der Waals surface area contributed by atoms with Gasteiger partial charge in [-0.25, -0.2) is 4.79 Å². The molecule has 1 fully saturated rings. The van der Waals surface area contributed by atoms with E-state index in [1.54, 1.807) is 0 Å². The van der Waals surface area contributed by atoms with Gasteiger partial charge in [0.2, 0.25) is 0 Å². The lowest BCUT2D eigenvalue weighted by Crippen LogP contribution is -2.41. The van der Waals surface area contributed by atoms with Crippen LogP contribution in [-0.2, 0) is 4.74 Å². The minimum Gasteiger partial charge on any atom is -0.444 e. The Morgan fingerprint density at radius 1 is 1.37 bits per heavy atom. The summed E-state index contributed by atoms with van der Waals surface area (Å²) in [6.07, 6.45) is 3.31. The van der Waals surface area contributed by atoms with Crippen molar-refractivity contribution in [2.45, 2.75) is 65.5 Å². The molecule has 4 nitrogen and oxygen atoms in total. The molecule has 0 radical (unpaired) electrons. The molecule has 0 saturated carbocycles. The third kappa shape index (κ3) is 6.81. The molecular weight excluding hydrogens is 240 g/mol. The predicted molar refractivity (Wildman–Crippen MR) is 78.3 cm³/mol. The highest BCUT2D eigenvalue weighted by Crippen LogP contribution is 2.18. The van der Waals surface area contributed by atoms with Crippen LogP contribution in [0.1, 0.15) is 53.9 Å². The van der Waals surface area contributed by atoms with Crippen LogP contribution in [0.15, 0.2) is 0 Å². The Bertz CT molecular complexity index is 284. The molecule has 1 N–H and O–H groups in total. The number of nitrogens with one attached hydrogen (secondary N) is 1. The van der Waals surface area contributed by atoms with Gasteiger partial charge in [0.05, 0.1) is 0 Å². The summed E-state index contributed by atoms with van der Waals surface area (Å²) >= 11 is 0. The second-order valence-corrected chi connectivity index (χ2v) is 6.85. The van der Waals surface area contributed by atoms with Gasteiger partial charge >= 0.3 is 6.09 Å². The number of rotatable bonds is 3. The third-order valence-corrected chi connectivity index (χ3v) is 3.24. The van der Waals surface area contributed by atoms with Crippen LogP contribution in [0.5, 0.6) is 0 Å². The Morgan fingerprint density at radius 2 is 2.05 bits per heavy atom. The van der Waals surface area contributed by atoms with Crippen molar-refractivity contribution in [3.8, 4) is 0 Å². The summed E-state index contributed by atoms with van der Waals surface area (Å²) in [5.74, 6) is 0.539. The number of likely N-dealkylation sites (tertiary alicyclic amines) is 1. The molecular formula is C15H30N2O2. The number of carbonyl (C=O) groups excluding carboxylic acids is 1. The lowest BCUT2D eigenvalue weighted by Gasteiger charge is -2.28. The SMILES string of the molecule is CC(C)NCC1CCCCN(C(=O)OC(C)(C)C)C1. The summed E-state index contributed by atoms with van der Waals surface area (Å²) < 4.78 is 5.47. The topological polar surface area (TPSA) is 41.6 Å². The van der Waals surface area contributed by atoms with E-state index in [9.17, 15) is 4.79 Å². The quantitative estimate of drug-likeness (QED) is 0.857. The number of ether oxygens (including phenoxy) is 1. The number of amides is 1. The zero-order valence-electron chi connectivity index (χ0n) is 13.2. The van der Waals surface area contributed by atoms with Crippen LogP contribution in [0.2, 0.25) is 0 Å². The van der Waals surface area contributed by atoms with Crippen molar-refractivity contribution in [2.75, 3.05) is 19.6 Å². The van der Waals surface area contributed by atoms with Gasteiger partial charge in [-0.15, -0.1) is 0 Å². The van der Waals surface area contributed by atoms with Gasteiger partial charge in [0.15, 0.2) is 0 Å². The van der Waals surface area contributed by atoms with Crippen molar-refractivity contribution < 1.29 is 9.53 Å². The Kier molecular flexibility index (Phi) is 6.11. The van der Waals surface area contributed by atoms with Gasteiger partial charge in [-0.2, -0.15) is 0 Å². The van der Waals surface area contributed by atoms with Gasteiger partial charge in [-0.3, -0.25) is 0 Å². The Labute approximate surface area is 117 Å². The van der Waals surface area contributed by atoms with Crippen molar-refractivity contribution in [1.29, 1.82) is 0 Å². The van der Waals surface area contributed by atoms with Crippen LogP contribution < -0.4 is 5.32 Å². The smallest absolute Gasteiger partial charge is 0.410 e. The molecule has 0 aromatic rings. The van der Waals surface area contributed by atoms with Crippen molar-refractivity contribution in [3.05, 3.63) is 0 Å². The highest BCUT2D eigenvalue weighted by molar-refractivity contribution is 5.68. The molecule has 1 aliphatic heterocycles. The average Bonchev–Trinajstić information content (AvgIpc) is 2.49. The van der Waals surface area contributed by atoms with Crippen LogP contribution in [0.4, 0.5) is 4.79 Å². The first-order valence-electron chi connectivity index (χ1n) is 7.49. The van der Waals surface area contributed by atoms with Crippen LogP contribution >= 0.6 is 0 Å². The highest BCUT2D eigenvalue weighted by atomic mass is 16.6. The molecule has 1 heterocycles. The van der Waals surface area contributed by atoms with Crippen LogP contribution in [0, 0.1) is 5.92 Å². The molecule has 0 aliphatic carbocycles. The van der Waals surface area contributed by atoms with E-state index < -0.39 is 5.60 Å². The van der Waals surface area contributed by atoms with E-state index in [1.165, 1.54) is 12.8 Å². The molecule has 1 rings (SSSR count). The van der Waals surface area contributed by atoms with E-state index >= 15 is 0 Å². The monoisotopic (exact) mass is 270 g/mol. The Hall–Kier alpha value is -0.770. The highest BCUT2D eigenvalue weighted by Gasteiger charge is 2.26. The number of hydrogen-bond donors (Lipinski definition) is 1. The van der Waals surface area contributed by atoms with Crippen molar-refractivity contribution in [3.63, 3.8) is 0 Å². The third-order valence-electron chi connectivity index (χ3n) is 3.24. The summed E-state index contributed by atoms with van der Waals surface area (Å²) in [6.45, 7) is 12.7. The first-order valence-corrected chi connectivity index (χ1v) is 7.49. The second-order valence-electron chi connectivity index (χ2n) is 6.85. The van der Waals surface area contributed by atoms with E-state index in [4.69, 9.17) is 4.74 Å². The van der Waals surface area contributed by atoms with Crippen molar-refractivity contribution in [1.82, 2.24) is 10.2 Å². The maximum atomic E-state index is 12.1. The molecule has 1 atom stereocenters. The molecule has 1 aliphatic rings. The fraction of sp³-hybridized carbons (Fsp3) is 0.933. The summed E-state index contributed by atoms with van der Waals surface area (Å²) in [4.78, 5) is 14.0. The maximum absolute atomic E-state index is 12.1. The summed E-state index contributed by atoms with van der Waals surface area (Å²) in [7, 11) is 0. The molecule has 1 unspecified atom stereocenters. The Balaban J connectivity index is 2.50. The normalized spacial score (nSPS) is 21.4. The largest absolute Gasteiger partial charge is 0.444 e. The fourth-order valence-corrected chi connectivity index (χ4v) is 2.29.